The Morgan fingerprint density at radius 2 is 1.06 bits per heavy atom. The number of anilines is 2. The number of aromatic nitrogens is 2. The van der Waals surface area contributed by atoms with Crippen LogP contribution in [0.25, 0.3) is 17.5 Å². The van der Waals surface area contributed by atoms with Crippen LogP contribution in [0.3, 0.4) is 0 Å². The number of nitrogens with zero attached hydrogens (tertiary/aromatic N) is 4. The Morgan fingerprint density at radius 1 is 0.596 bits per heavy atom. The van der Waals surface area contributed by atoms with Crippen molar-refractivity contribution in [3.8, 4) is 17.3 Å². The molecule has 52 heavy (non-hydrogen) atoms. The van der Waals surface area contributed by atoms with Gasteiger partial charge in [-0.3, -0.25) is 14.4 Å². The first-order chi connectivity index (χ1) is 25.3. The minimum Gasteiger partial charge on any atom is -0.481 e. The molecule has 5 aromatic rings. The highest BCUT2D eigenvalue weighted by Gasteiger charge is 2.44. The molecule has 0 radical (unpaired) electrons. The molecule has 0 N–H and O–H groups in total. The van der Waals surface area contributed by atoms with Crippen molar-refractivity contribution in [2.45, 2.75) is 19.3 Å². The fraction of sp³-hybridized carbons (Fsp3) is 0.0976. The van der Waals surface area contributed by atoms with E-state index in [4.69, 9.17) is 16.3 Å². The van der Waals surface area contributed by atoms with Crippen LogP contribution >= 0.6 is 11.6 Å². The number of carbonyl (C=O) groups excluding carboxylic acids is 3. The van der Waals surface area contributed by atoms with Gasteiger partial charge in [-0.25, -0.2) is 28.5 Å². The van der Waals surface area contributed by atoms with Crippen LogP contribution in [0.5, 0.6) is 5.88 Å². The van der Waals surface area contributed by atoms with Gasteiger partial charge in [0.25, 0.3) is 17.4 Å². The smallest absolute Gasteiger partial charge is 0.343 e. The van der Waals surface area contributed by atoms with Gasteiger partial charge in [-0.1, -0.05) is 84.4 Å². The number of urea groups is 1. The Morgan fingerprint density at radius 3 is 1.54 bits per heavy atom. The third-order valence-corrected chi connectivity index (χ3v) is 9.33. The normalized spacial score (nSPS) is 15.8. The molecule has 0 unspecified atom stereocenters. The van der Waals surface area contributed by atoms with Gasteiger partial charge in [0, 0.05) is 5.03 Å². The molecule has 0 saturated carbocycles. The zero-order valence-electron chi connectivity index (χ0n) is 27.9. The number of hydrogen-bond acceptors (Lipinski definition) is 6. The summed E-state index contributed by atoms with van der Waals surface area (Å²) in [7, 11) is 1.38. The molecule has 0 atom stereocenters. The third-order valence-electron chi connectivity index (χ3n) is 8.84. The number of ether oxygens (including phenoxy) is 1. The van der Waals surface area contributed by atoms with Crippen molar-refractivity contribution in [3.05, 3.63) is 176 Å². The van der Waals surface area contributed by atoms with E-state index in [1.165, 1.54) is 17.8 Å². The van der Waals surface area contributed by atoms with Crippen molar-refractivity contribution in [1.82, 2.24) is 9.13 Å². The van der Waals surface area contributed by atoms with Crippen LogP contribution in [0.2, 0.25) is 0 Å². The third kappa shape index (κ3) is 6.09. The van der Waals surface area contributed by atoms with Gasteiger partial charge in [0.1, 0.15) is 11.1 Å². The molecule has 1 aliphatic carbocycles. The largest absolute Gasteiger partial charge is 0.481 e. The number of benzene rings is 4. The van der Waals surface area contributed by atoms with Crippen molar-refractivity contribution in [3.63, 3.8) is 0 Å². The average Bonchev–Trinajstić information content (AvgIpc) is 3.17. The molecule has 1 fully saturated rings. The van der Waals surface area contributed by atoms with Crippen LogP contribution in [0.15, 0.2) is 159 Å². The molecule has 4 aromatic carbocycles. The summed E-state index contributed by atoms with van der Waals surface area (Å²) in [5.74, 6) is -1.56. The van der Waals surface area contributed by atoms with Crippen LogP contribution in [-0.2, 0) is 9.59 Å². The molecule has 7 rings (SSSR count). The summed E-state index contributed by atoms with van der Waals surface area (Å²) in [6.45, 7) is 0. The highest BCUT2D eigenvalue weighted by atomic mass is 35.5. The lowest BCUT2D eigenvalue weighted by Crippen LogP contribution is -2.57. The maximum Gasteiger partial charge on any atom is 0.343 e. The second-order valence-corrected chi connectivity index (χ2v) is 12.4. The maximum atomic E-state index is 14.2. The maximum absolute atomic E-state index is 14.2. The molecule has 1 aliphatic heterocycles. The van der Waals surface area contributed by atoms with Gasteiger partial charge in [0.05, 0.1) is 29.9 Å². The lowest BCUT2D eigenvalue weighted by molar-refractivity contribution is -0.121. The first kappa shape index (κ1) is 34.0. The van der Waals surface area contributed by atoms with Crippen molar-refractivity contribution in [2.75, 3.05) is 16.9 Å². The van der Waals surface area contributed by atoms with E-state index < -0.39 is 29.1 Å². The number of methoxy groups -OCH3 is 1. The summed E-state index contributed by atoms with van der Waals surface area (Å²) in [5.41, 5.74) is 1.08. The number of hydrogen-bond donors (Lipinski definition) is 0. The van der Waals surface area contributed by atoms with E-state index in [2.05, 4.69) is 0 Å². The lowest BCUT2D eigenvalue weighted by Gasteiger charge is -2.34. The van der Waals surface area contributed by atoms with Crippen LogP contribution in [0, 0.1) is 0 Å². The number of halogens is 1. The Hall–Kier alpha value is -6.52. The number of barbiturate groups is 1. The second-order valence-electron chi connectivity index (χ2n) is 12.0. The Bertz CT molecular complexity index is 2350. The fourth-order valence-electron chi connectivity index (χ4n) is 6.39. The monoisotopic (exact) mass is 710 g/mol. The standard InChI is InChI=1S/C41H31ClN4O6/c1-52-39-34(38(49)45(31-21-10-4-11-22-31)41(51)46(39)32-23-12-5-13-24-32)26-28-16-14-15-27(35(28)42)25-33-36(47)43(29-17-6-2-7-18-29)40(50)44(37(33)48)30-19-8-3-9-20-30/h2-13,17-26H,14-16H2,1H3/b28-26+. The fourth-order valence-corrected chi connectivity index (χ4v) is 6.69. The zero-order valence-corrected chi connectivity index (χ0v) is 28.7. The number of rotatable bonds is 7. The quantitative estimate of drug-likeness (QED) is 0.131. The number of amides is 4. The molecule has 4 amide bonds. The van der Waals surface area contributed by atoms with E-state index in [9.17, 15) is 24.0 Å². The van der Waals surface area contributed by atoms with Gasteiger partial charge < -0.3 is 4.74 Å². The Balaban J connectivity index is 1.40. The van der Waals surface area contributed by atoms with Gasteiger partial charge >= 0.3 is 11.7 Å². The SMILES string of the molecule is COc1c(/C=C2\CCCC(C=C3C(=O)N(c4ccccc4)C(=O)N(c4ccccc4)C3=O)=C2Cl)c(=O)n(-c2ccccc2)c(=O)n1-c1ccccc1. The predicted octanol–water partition coefficient (Wildman–Crippen LogP) is 7.18. The summed E-state index contributed by atoms with van der Waals surface area (Å²) in [6.07, 6.45) is 4.47. The number of allylic oxidation sites excluding steroid dienone is 4. The van der Waals surface area contributed by atoms with Crippen molar-refractivity contribution in [2.24, 2.45) is 0 Å². The number of carbonyl (C=O) groups is 3. The van der Waals surface area contributed by atoms with E-state index in [1.807, 2.05) is 6.07 Å². The van der Waals surface area contributed by atoms with Crippen LogP contribution < -0.4 is 25.8 Å². The highest BCUT2D eigenvalue weighted by molar-refractivity contribution is 6.45. The van der Waals surface area contributed by atoms with Gasteiger partial charge in [-0.2, -0.15) is 0 Å². The van der Waals surface area contributed by atoms with Gasteiger partial charge in [0.15, 0.2) is 0 Å². The van der Waals surface area contributed by atoms with Crippen molar-refractivity contribution in [1.29, 1.82) is 0 Å². The van der Waals surface area contributed by atoms with E-state index in [0.29, 0.717) is 53.2 Å². The summed E-state index contributed by atoms with van der Waals surface area (Å²) in [5, 5.41) is 0.235. The van der Waals surface area contributed by atoms with E-state index in [1.54, 1.807) is 121 Å². The molecule has 10 nitrogen and oxygen atoms in total. The summed E-state index contributed by atoms with van der Waals surface area (Å²) in [4.78, 5) is 71.9. The Labute approximate surface area is 303 Å². The molecule has 0 spiro atoms. The van der Waals surface area contributed by atoms with E-state index in [-0.39, 0.29) is 22.0 Å². The average molecular weight is 711 g/mol. The minimum atomic E-state index is -0.802. The molecule has 1 aromatic heterocycles. The van der Waals surface area contributed by atoms with Gasteiger partial charge in [-0.15, -0.1) is 0 Å². The number of para-hydroxylation sites is 4. The molecule has 0 bridgehead atoms. The summed E-state index contributed by atoms with van der Waals surface area (Å²) in [6, 6.07) is 33.4. The molecular formula is C41H31ClN4O6. The second kappa shape index (κ2) is 14.4. The molecule has 11 heteroatoms. The molecule has 2 heterocycles. The lowest BCUT2D eigenvalue weighted by atomic mass is 9.91. The molecule has 2 aliphatic rings. The van der Waals surface area contributed by atoms with Crippen LogP contribution in [0.4, 0.5) is 16.2 Å². The van der Waals surface area contributed by atoms with Gasteiger partial charge in [-0.05, 0) is 91.1 Å². The van der Waals surface area contributed by atoms with E-state index >= 15 is 0 Å². The number of imide groups is 2. The summed E-state index contributed by atoms with van der Waals surface area (Å²) < 4.78 is 8.17. The topological polar surface area (TPSA) is 111 Å². The minimum absolute atomic E-state index is 0.0176. The predicted molar refractivity (Wildman–Crippen MR) is 200 cm³/mol. The Kier molecular flexibility index (Phi) is 9.39. The van der Waals surface area contributed by atoms with Gasteiger partial charge in [0.2, 0.25) is 5.88 Å². The van der Waals surface area contributed by atoms with Crippen LogP contribution in [-0.4, -0.2) is 34.1 Å². The zero-order chi connectivity index (χ0) is 36.4. The first-order valence-corrected chi connectivity index (χ1v) is 16.9. The van der Waals surface area contributed by atoms with Crippen molar-refractivity contribution < 1.29 is 19.1 Å². The van der Waals surface area contributed by atoms with E-state index in [0.717, 1.165) is 14.4 Å². The van der Waals surface area contributed by atoms with Crippen molar-refractivity contribution >= 4 is 46.9 Å². The first-order valence-electron chi connectivity index (χ1n) is 16.5. The molecule has 258 valence electrons. The highest BCUT2D eigenvalue weighted by Crippen LogP contribution is 2.37. The van der Waals surface area contributed by atoms with Crippen LogP contribution in [0.1, 0.15) is 24.8 Å². The summed E-state index contributed by atoms with van der Waals surface area (Å²) >= 11 is 7.07. The molecule has 1 saturated heterocycles. The molecular weight excluding hydrogens is 680 g/mol.